The van der Waals surface area contributed by atoms with E-state index in [1.165, 1.54) is 11.5 Å². The molecular weight excluding hydrogens is 432 g/mol. The Labute approximate surface area is 189 Å². The Morgan fingerprint density at radius 1 is 1.29 bits per heavy atom. The van der Waals surface area contributed by atoms with Crippen molar-refractivity contribution in [2.75, 3.05) is 23.0 Å². The predicted molar refractivity (Wildman–Crippen MR) is 124 cm³/mol. The van der Waals surface area contributed by atoms with Gasteiger partial charge >= 0.3 is 6.03 Å². The fourth-order valence-corrected chi connectivity index (χ4v) is 6.36. The van der Waals surface area contributed by atoms with E-state index >= 15 is 0 Å². The van der Waals surface area contributed by atoms with E-state index in [0.717, 1.165) is 48.3 Å². The molecule has 3 aromatic heterocycles. The number of nitrogens with zero attached hydrogens (tertiary/aromatic N) is 5. The molecule has 3 heterocycles. The fourth-order valence-electron chi connectivity index (χ4n) is 5.10. The number of hydrogen-bond acceptors (Lipinski definition) is 8. The number of hydrogen-bond donors (Lipinski definition) is 3. The molecular formula is C20H26N8OS2. The minimum Gasteiger partial charge on any atom is -0.356 e. The lowest BCUT2D eigenvalue weighted by Gasteiger charge is -2.27. The number of amides is 2. The van der Waals surface area contributed by atoms with Gasteiger partial charge in [0.25, 0.3) is 0 Å². The van der Waals surface area contributed by atoms with Crippen molar-refractivity contribution >= 4 is 51.3 Å². The second-order valence-corrected chi connectivity index (χ2v) is 10.3. The van der Waals surface area contributed by atoms with E-state index in [2.05, 4.69) is 53.8 Å². The summed E-state index contributed by atoms with van der Waals surface area (Å²) in [6.45, 7) is 2.05. The van der Waals surface area contributed by atoms with Gasteiger partial charge in [-0.1, -0.05) is 18.7 Å². The lowest BCUT2D eigenvalue weighted by Crippen LogP contribution is -2.37. The van der Waals surface area contributed by atoms with Gasteiger partial charge in [-0.25, -0.2) is 14.8 Å². The van der Waals surface area contributed by atoms with E-state index < -0.39 is 0 Å². The topological polar surface area (TPSA) is 112 Å². The average molecular weight is 459 g/mol. The highest BCUT2D eigenvalue weighted by Gasteiger charge is 2.43. The third-order valence-electron chi connectivity index (χ3n) is 6.44. The lowest BCUT2D eigenvalue weighted by atomic mass is 10.0. The van der Waals surface area contributed by atoms with Crippen LogP contribution < -0.4 is 15.5 Å². The molecule has 2 saturated carbocycles. The second-order valence-electron chi connectivity index (χ2n) is 8.28. The number of aromatic amines is 1. The molecule has 2 amide bonds. The van der Waals surface area contributed by atoms with E-state index in [1.807, 2.05) is 12.3 Å². The van der Waals surface area contributed by atoms with Crippen LogP contribution in [0.1, 0.15) is 32.6 Å². The van der Waals surface area contributed by atoms with Crippen molar-refractivity contribution in [2.24, 2.45) is 11.8 Å². The summed E-state index contributed by atoms with van der Waals surface area (Å²) < 4.78 is 4.24. The second kappa shape index (κ2) is 8.62. The molecule has 0 aliphatic heterocycles. The summed E-state index contributed by atoms with van der Waals surface area (Å²) in [6.07, 6.45) is 7.85. The summed E-state index contributed by atoms with van der Waals surface area (Å²) in [5.41, 5.74) is 0.876. The number of aromatic nitrogens is 5. The average Bonchev–Trinajstić information content (AvgIpc) is 3.51. The van der Waals surface area contributed by atoms with Crippen molar-refractivity contribution in [3.05, 3.63) is 18.6 Å². The summed E-state index contributed by atoms with van der Waals surface area (Å²) in [7, 11) is 2.14. The van der Waals surface area contributed by atoms with E-state index in [1.54, 1.807) is 18.1 Å². The van der Waals surface area contributed by atoms with Crippen LogP contribution in [0.25, 0.3) is 11.0 Å². The van der Waals surface area contributed by atoms with Gasteiger partial charge in [-0.3, -0.25) is 5.32 Å². The molecule has 0 bridgehead atoms. The van der Waals surface area contributed by atoms with Crippen LogP contribution in [0, 0.1) is 11.8 Å². The molecule has 0 radical (unpaired) electrons. The van der Waals surface area contributed by atoms with Gasteiger partial charge < -0.3 is 15.2 Å². The fraction of sp³-hybridized carbons (Fsp3) is 0.550. The van der Waals surface area contributed by atoms with Crippen molar-refractivity contribution in [1.29, 1.82) is 0 Å². The molecule has 2 fully saturated rings. The van der Waals surface area contributed by atoms with Crippen LogP contribution in [0.4, 0.5) is 15.7 Å². The summed E-state index contributed by atoms with van der Waals surface area (Å²) >= 11 is 2.80. The highest BCUT2D eigenvalue weighted by molar-refractivity contribution is 7.99. The summed E-state index contributed by atoms with van der Waals surface area (Å²) in [5.74, 6) is 3.17. The molecule has 9 nitrogen and oxygen atoms in total. The van der Waals surface area contributed by atoms with Gasteiger partial charge in [-0.15, -0.1) is 0 Å². The first-order valence-electron chi connectivity index (χ1n) is 10.7. The zero-order valence-corrected chi connectivity index (χ0v) is 19.2. The molecule has 31 heavy (non-hydrogen) atoms. The zero-order chi connectivity index (χ0) is 21.4. The van der Waals surface area contributed by atoms with Crippen LogP contribution in [-0.2, 0) is 0 Å². The highest BCUT2D eigenvalue weighted by Crippen LogP contribution is 2.46. The van der Waals surface area contributed by atoms with Crippen LogP contribution >= 0.6 is 23.3 Å². The van der Waals surface area contributed by atoms with Gasteiger partial charge in [0, 0.05) is 36.9 Å². The monoisotopic (exact) mass is 458 g/mol. The molecule has 0 spiro atoms. The van der Waals surface area contributed by atoms with Crippen molar-refractivity contribution in [3.63, 3.8) is 0 Å². The molecule has 0 saturated heterocycles. The van der Waals surface area contributed by atoms with Crippen molar-refractivity contribution in [3.8, 4) is 0 Å². The number of fused-ring (bicyclic) bond motifs is 2. The maximum absolute atomic E-state index is 12.4. The maximum atomic E-state index is 12.4. The number of carbonyl (C=O) groups is 1. The first-order valence-corrected chi connectivity index (χ1v) is 12.4. The van der Waals surface area contributed by atoms with Crippen molar-refractivity contribution in [2.45, 2.75) is 49.8 Å². The first kappa shape index (κ1) is 20.5. The Balaban J connectivity index is 1.14. The quantitative estimate of drug-likeness (QED) is 0.483. The minimum atomic E-state index is -0.182. The van der Waals surface area contributed by atoms with Crippen molar-refractivity contribution in [1.82, 2.24) is 29.6 Å². The van der Waals surface area contributed by atoms with Gasteiger partial charge in [-0.05, 0) is 49.3 Å². The number of urea groups is 1. The van der Waals surface area contributed by atoms with Crippen molar-refractivity contribution < 1.29 is 4.79 Å². The van der Waals surface area contributed by atoms with E-state index in [4.69, 9.17) is 0 Å². The first-order chi connectivity index (χ1) is 15.1. The Kier molecular flexibility index (Phi) is 5.70. The van der Waals surface area contributed by atoms with Gasteiger partial charge in [0.05, 0.1) is 5.39 Å². The van der Waals surface area contributed by atoms with Crippen LogP contribution in [-0.4, -0.2) is 55.2 Å². The highest BCUT2D eigenvalue weighted by atomic mass is 32.2. The van der Waals surface area contributed by atoms with Gasteiger partial charge in [0.2, 0.25) is 10.3 Å². The van der Waals surface area contributed by atoms with Gasteiger partial charge in [0.1, 0.15) is 17.8 Å². The van der Waals surface area contributed by atoms with Crippen LogP contribution in [0.5, 0.6) is 0 Å². The van der Waals surface area contributed by atoms with Gasteiger partial charge in [0.15, 0.2) is 0 Å². The Morgan fingerprint density at radius 2 is 2.10 bits per heavy atom. The Hall–Kier alpha value is -2.40. The Morgan fingerprint density at radius 3 is 2.87 bits per heavy atom. The van der Waals surface area contributed by atoms with E-state index in [0.29, 0.717) is 28.2 Å². The molecule has 3 aromatic rings. The summed E-state index contributed by atoms with van der Waals surface area (Å²) in [5, 5.41) is 8.30. The molecule has 2 aliphatic carbocycles. The smallest absolute Gasteiger partial charge is 0.321 e. The number of anilines is 2. The number of nitrogens with one attached hydrogen (secondary N) is 3. The number of H-pyrrole nitrogens is 1. The molecule has 0 aromatic carbocycles. The summed E-state index contributed by atoms with van der Waals surface area (Å²) in [6, 6.07) is 2.54. The zero-order valence-electron chi connectivity index (χ0n) is 17.5. The molecule has 11 heteroatoms. The van der Waals surface area contributed by atoms with Crippen LogP contribution in [0.2, 0.25) is 0 Å². The standard InChI is InChI=1S/C20H26N8OS2/c1-3-30-20-26-19(31-27-20)25-18(29)24-13-6-11-8-14(9-12(11)7-13)28(2)17-15-4-5-21-16(15)22-10-23-17/h4-5,10-14H,3,6-9H2,1-2H3,(H,21,22,23)(H2,24,25,26,27,29)/t11-,12?,13?,14?/m1/s1. The summed E-state index contributed by atoms with van der Waals surface area (Å²) in [4.78, 5) is 31.0. The van der Waals surface area contributed by atoms with Crippen LogP contribution in [0.15, 0.2) is 23.7 Å². The largest absolute Gasteiger partial charge is 0.356 e. The number of carbonyl (C=O) groups excluding carboxylic acids is 1. The lowest BCUT2D eigenvalue weighted by molar-refractivity contribution is 0.248. The van der Waals surface area contributed by atoms with E-state index in [9.17, 15) is 4.79 Å². The normalized spacial score (nSPS) is 25.0. The SMILES string of the molecule is CCSc1nsc(NC(=O)NC2CC3CC(N(C)c4ncnc5[nH]ccc45)C[C@H]3C2)n1. The third kappa shape index (κ3) is 4.20. The number of rotatable bonds is 6. The molecule has 164 valence electrons. The molecule has 3 N–H and O–H groups in total. The van der Waals surface area contributed by atoms with Crippen LogP contribution in [0.3, 0.4) is 0 Å². The third-order valence-corrected chi connectivity index (χ3v) is 7.92. The maximum Gasteiger partial charge on any atom is 0.321 e. The molecule has 4 atom stereocenters. The van der Waals surface area contributed by atoms with E-state index in [-0.39, 0.29) is 12.1 Å². The molecule has 5 rings (SSSR count). The predicted octanol–water partition coefficient (Wildman–Crippen LogP) is 3.74. The van der Waals surface area contributed by atoms with Gasteiger partial charge in [-0.2, -0.15) is 9.36 Å². The number of thioether (sulfide) groups is 1. The molecule has 3 unspecified atom stereocenters. The minimum absolute atomic E-state index is 0.182. The Bertz CT molecular complexity index is 1050. The molecule has 2 aliphatic rings.